The summed E-state index contributed by atoms with van der Waals surface area (Å²) in [5.74, 6) is 0.00665. The summed E-state index contributed by atoms with van der Waals surface area (Å²) in [6, 6.07) is 3.71. The summed E-state index contributed by atoms with van der Waals surface area (Å²) >= 11 is 0. The summed E-state index contributed by atoms with van der Waals surface area (Å²) in [6.07, 6.45) is 1.65. The Kier molecular flexibility index (Phi) is 7.56. The molecule has 0 aliphatic carbocycles. The Morgan fingerprint density at radius 3 is 2.55 bits per heavy atom. The quantitative estimate of drug-likeness (QED) is 0.292. The van der Waals surface area contributed by atoms with E-state index in [2.05, 4.69) is 15.0 Å². The van der Waals surface area contributed by atoms with Gasteiger partial charge in [-0.15, -0.1) is 0 Å². The smallest absolute Gasteiger partial charge is 0.188 e. The molecule has 1 rings (SSSR count). The van der Waals surface area contributed by atoms with Crippen LogP contribution in [0.25, 0.3) is 0 Å². The molecular formula is C13H22N4O3. The second-order valence-corrected chi connectivity index (χ2v) is 4.30. The molecule has 0 saturated carbocycles. The number of nitrogens with zero attached hydrogens (tertiary/aromatic N) is 3. The summed E-state index contributed by atoms with van der Waals surface area (Å²) in [5, 5.41) is 11.6. The van der Waals surface area contributed by atoms with Gasteiger partial charge in [0.2, 0.25) is 0 Å². The molecule has 1 aromatic heterocycles. The summed E-state index contributed by atoms with van der Waals surface area (Å²) < 4.78 is 10.2. The number of methoxy groups -OCH3 is 2. The van der Waals surface area contributed by atoms with Crippen LogP contribution in [0.2, 0.25) is 0 Å². The molecule has 0 amide bonds. The molecule has 0 saturated heterocycles. The van der Waals surface area contributed by atoms with Crippen LogP contribution in [0.1, 0.15) is 11.3 Å². The lowest BCUT2D eigenvalue weighted by Crippen LogP contribution is -2.30. The zero-order chi connectivity index (χ0) is 14.8. The van der Waals surface area contributed by atoms with Crippen molar-refractivity contribution in [2.24, 2.45) is 10.9 Å². The van der Waals surface area contributed by atoms with Crippen molar-refractivity contribution in [3.8, 4) is 0 Å². The van der Waals surface area contributed by atoms with Crippen LogP contribution < -0.4 is 5.73 Å². The first-order chi connectivity index (χ1) is 9.71. The summed E-state index contributed by atoms with van der Waals surface area (Å²) in [4.78, 5) is 6.26. The van der Waals surface area contributed by atoms with Gasteiger partial charge in [-0.25, -0.2) is 0 Å². The van der Waals surface area contributed by atoms with Gasteiger partial charge < -0.3 is 20.4 Å². The van der Waals surface area contributed by atoms with Crippen LogP contribution in [0.4, 0.5) is 0 Å². The first-order valence-corrected chi connectivity index (χ1v) is 6.34. The van der Waals surface area contributed by atoms with Gasteiger partial charge >= 0.3 is 0 Å². The average molecular weight is 282 g/mol. The molecule has 0 spiro atoms. The fourth-order valence-electron chi connectivity index (χ4n) is 1.73. The van der Waals surface area contributed by atoms with Gasteiger partial charge in [-0.3, -0.25) is 9.88 Å². The molecule has 0 unspecified atom stereocenters. The Balaban J connectivity index is 2.71. The maximum Gasteiger partial charge on any atom is 0.188 e. The third-order valence-corrected chi connectivity index (χ3v) is 2.82. The Hall–Kier alpha value is -1.70. The van der Waals surface area contributed by atoms with E-state index in [4.69, 9.17) is 20.4 Å². The molecule has 7 nitrogen and oxygen atoms in total. The van der Waals surface area contributed by atoms with Crippen LogP contribution >= 0.6 is 0 Å². The van der Waals surface area contributed by atoms with Gasteiger partial charge in [-0.1, -0.05) is 5.16 Å². The van der Waals surface area contributed by atoms with Crippen molar-refractivity contribution in [3.63, 3.8) is 0 Å². The fourth-order valence-corrected chi connectivity index (χ4v) is 1.73. The van der Waals surface area contributed by atoms with Crippen LogP contribution in [0.3, 0.4) is 0 Å². The molecule has 1 aromatic rings. The van der Waals surface area contributed by atoms with Crippen molar-refractivity contribution >= 4 is 5.84 Å². The number of nitrogens with two attached hydrogens (primary N) is 1. The van der Waals surface area contributed by atoms with E-state index in [1.54, 1.807) is 20.4 Å². The Labute approximate surface area is 119 Å². The lowest BCUT2D eigenvalue weighted by atomic mass is 10.2. The van der Waals surface area contributed by atoms with E-state index in [0.29, 0.717) is 18.9 Å². The van der Waals surface area contributed by atoms with Crippen molar-refractivity contribution in [1.29, 1.82) is 0 Å². The summed E-state index contributed by atoms with van der Waals surface area (Å²) in [5.41, 5.74) is 7.04. The van der Waals surface area contributed by atoms with Crippen molar-refractivity contribution in [1.82, 2.24) is 9.88 Å². The van der Waals surface area contributed by atoms with Gasteiger partial charge in [0.25, 0.3) is 0 Å². The highest BCUT2D eigenvalue weighted by Crippen LogP contribution is 2.06. The van der Waals surface area contributed by atoms with Gasteiger partial charge in [0.15, 0.2) is 5.84 Å². The van der Waals surface area contributed by atoms with Gasteiger partial charge in [-0.2, -0.15) is 0 Å². The van der Waals surface area contributed by atoms with Gasteiger partial charge in [0, 0.05) is 40.1 Å². The first kappa shape index (κ1) is 16.4. The van der Waals surface area contributed by atoms with Crippen molar-refractivity contribution in [2.75, 3.05) is 40.5 Å². The van der Waals surface area contributed by atoms with Crippen molar-refractivity contribution < 1.29 is 14.7 Å². The van der Waals surface area contributed by atoms with Crippen LogP contribution in [0.15, 0.2) is 23.5 Å². The van der Waals surface area contributed by atoms with E-state index in [1.165, 1.54) is 0 Å². The van der Waals surface area contributed by atoms with E-state index in [-0.39, 0.29) is 5.84 Å². The van der Waals surface area contributed by atoms with Crippen molar-refractivity contribution in [3.05, 3.63) is 29.6 Å². The minimum Gasteiger partial charge on any atom is -0.409 e. The average Bonchev–Trinajstić information content (AvgIpc) is 2.49. The molecule has 3 N–H and O–H groups in total. The number of ether oxygens (including phenoxy) is 2. The minimum absolute atomic E-state index is 0.00665. The van der Waals surface area contributed by atoms with Crippen LogP contribution in [0, 0.1) is 0 Å². The number of rotatable bonds is 9. The van der Waals surface area contributed by atoms with E-state index < -0.39 is 0 Å². The number of hydrogen-bond acceptors (Lipinski definition) is 6. The molecule has 20 heavy (non-hydrogen) atoms. The summed E-state index contributed by atoms with van der Waals surface area (Å²) in [7, 11) is 3.36. The van der Waals surface area contributed by atoms with E-state index in [0.717, 1.165) is 25.2 Å². The number of amidine groups is 1. The molecule has 0 bridgehead atoms. The third-order valence-electron chi connectivity index (χ3n) is 2.82. The lowest BCUT2D eigenvalue weighted by Gasteiger charge is -2.21. The van der Waals surface area contributed by atoms with E-state index in [1.807, 2.05) is 12.1 Å². The molecule has 0 aliphatic heterocycles. The first-order valence-electron chi connectivity index (χ1n) is 6.34. The molecule has 0 aliphatic rings. The number of aromatic nitrogens is 1. The Morgan fingerprint density at radius 2 is 2.00 bits per heavy atom. The molecule has 0 radical (unpaired) electrons. The number of oxime groups is 1. The largest absolute Gasteiger partial charge is 0.409 e. The van der Waals surface area contributed by atoms with E-state index in [9.17, 15) is 0 Å². The highest BCUT2D eigenvalue weighted by atomic mass is 16.5. The lowest BCUT2D eigenvalue weighted by molar-refractivity contribution is 0.110. The minimum atomic E-state index is 0.00665. The number of hydrogen-bond donors (Lipinski definition) is 2. The second-order valence-electron chi connectivity index (χ2n) is 4.30. The fraction of sp³-hybridized carbons (Fsp3) is 0.538. The highest BCUT2D eigenvalue weighted by Gasteiger charge is 2.08. The standard InChI is InChI=1S/C13H22N4O3/c1-19-7-5-17(6-8-20-2)10-11-3-4-15-12(9-11)13(14)16-18/h3-4,9,18H,5-8,10H2,1-2H3,(H2,14,16). The molecule has 7 heteroatoms. The molecule has 0 fully saturated rings. The zero-order valence-corrected chi connectivity index (χ0v) is 12.0. The maximum atomic E-state index is 8.67. The third kappa shape index (κ3) is 5.52. The zero-order valence-electron chi connectivity index (χ0n) is 12.0. The Bertz CT molecular complexity index is 418. The maximum absolute atomic E-state index is 8.67. The predicted octanol–water partition coefficient (Wildman–Crippen LogP) is 0.271. The van der Waals surface area contributed by atoms with Gasteiger partial charge in [-0.05, 0) is 17.7 Å². The van der Waals surface area contributed by atoms with Gasteiger partial charge in [0.05, 0.1) is 13.2 Å². The predicted molar refractivity (Wildman–Crippen MR) is 75.8 cm³/mol. The Morgan fingerprint density at radius 1 is 1.35 bits per heavy atom. The summed E-state index contributed by atoms with van der Waals surface area (Å²) in [6.45, 7) is 3.65. The molecule has 0 aromatic carbocycles. The molecule has 112 valence electrons. The number of pyridine rings is 1. The van der Waals surface area contributed by atoms with Crippen molar-refractivity contribution in [2.45, 2.75) is 6.54 Å². The topological polar surface area (TPSA) is 93.2 Å². The normalized spacial score (nSPS) is 12.1. The van der Waals surface area contributed by atoms with Crippen LogP contribution in [-0.4, -0.2) is 61.4 Å². The monoisotopic (exact) mass is 282 g/mol. The van der Waals surface area contributed by atoms with Crippen LogP contribution in [-0.2, 0) is 16.0 Å². The van der Waals surface area contributed by atoms with Crippen LogP contribution in [0.5, 0.6) is 0 Å². The second kappa shape index (κ2) is 9.24. The molecule has 0 atom stereocenters. The molecular weight excluding hydrogens is 260 g/mol. The van der Waals surface area contributed by atoms with E-state index >= 15 is 0 Å². The SMILES string of the molecule is COCCN(CCOC)Cc1ccnc(C(N)=NO)c1. The highest BCUT2D eigenvalue weighted by molar-refractivity contribution is 5.95. The van der Waals surface area contributed by atoms with Gasteiger partial charge in [0.1, 0.15) is 5.69 Å². The molecule has 1 heterocycles.